The molecule has 0 fully saturated rings. The van der Waals surface area contributed by atoms with Crippen molar-refractivity contribution in [3.05, 3.63) is 65.2 Å². The molecule has 0 amide bonds. The highest BCUT2D eigenvalue weighted by Crippen LogP contribution is 2.36. The van der Waals surface area contributed by atoms with Crippen molar-refractivity contribution in [2.45, 2.75) is 31.3 Å². The van der Waals surface area contributed by atoms with E-state index >= 15 is 0 Å². The first-order valence-electron chi connectivity index (χ1n) is 7.49. The molecule has 0 aliphatic heterocycles. The van der Waals surface area contributed by atoms with E-state index in [2.05, 4.69) is 23.5 Å². The Bertz CT molecular complexity index is 597. The topological polar surface area (TPSA) is 52.5 Å². The normalized spacial score (nSPS) is 18.4. The minimum atomic E-state index is 0.0331. The summed E-state index contributed by atoms with van der Waals surface area (Å²) in [5.74, 6) is 0.389. The zero-order chi connectivity index (χ0) is 14.7. The number of nitrogens with one attached hydrogen (secondary N) is 1. The van der Waals surface area contributed by atoms with Gasteiger partial charge in [-0.2, -0.15) is 0 Å². The average molecular weight is 283 g/mol. The van der Waals surface area contributed by atoms with E-state index in [-0.39, 0.29) is 18.7 Å². The third kappa shape index (κ3) is 3.09. The number of hydrogen-bond acceptors (Lipinski definition) is 3. The van der Waals surface area contributed by atoms with Crippen LogP contribution in [0, 0.1) is 0 Å². The van der Waals surface area contributed by atoms with Crippen molar-refractivity contribution in [3.8, 4) is 5.75 Å². The van der Waals surface area contributed by atoms with Crippen LogP contribution in [-0.4, -0.2) is 22.9 Å². The Kier molecular flexibility index (Phi) is 4.23. The minimum absolute atomic E-state index is 0.0331. The molecule has 0 saturated carbocycles. The van der Waals surface area contributed by atoms with Gasteiger partial charge < -0.3 is 15.5 Å². The fourth-order valence-electron chi connectivity index (χ4n) is 3.17. The van der Waals surface area contributed by atoms with Gasteiger partial charge in [-0.15, -0.1) is 0 Å². The summed E-state index contributed by atoms with van der Waals surface area (Å²) in [5, 5.41) is 23.1. The summed E-state index contributed by atoms with van der Waals surface area (Å²) in [6, 6.07) is 16.2. The van der Waals surface area contributed by atoms with E-state index in [0.717, 1.165) is 24.8 Å². The third-order valence-electron chi connectivity index (χ3n) is 4.23. The molecule has 1 aliphatic carbocycles. The average Bonchev–Trinajstić information content (AvgIpc) is 2.92. The SMILES string of the molecule is OCC(Cc1ccccc1)NC1CCc2c(O)cccc21. The fourth-order valence-corrected chi connectivity index (χ4v) is 3.17. The fraction of sp³-hybridized carbons (Fsp3) is 0.333. The third-order valence-corrected chi connectivity index (χ3v) is 4.23. The maximum absolute atomic E-state index is 9.90. The van der Waals surface area contributed by atoms with Crippen LogP contribution in [0.4, 0.5) is 0 Å². The van der Waals surface area contributed by atoms with Gasteiger partial charge in [0.1, 0.15) is 5.75 Å². The van der Waals surface area contributed by atoms with E-state index in [4.69, 9.17) is 0 Å². The molecule has 2 aromatic carbocycles. The molecule has 0 heterocycles. The molecule has 3 nitrogen and oxygen atoms in total. The summed E-state index contributed by atoms with van der Waals surface area (Å²) in [7, 11) is 0. The smallest absolute Gasteiger partial charge is 0.119 e. The molecule has 0 bridgehead atoms. The van der Waals surface area contributed by atoms with Gasteiger partial charge in [0.25, 0.3) is 0 Å². The van der Waals surface area contributed by atoms with Gasteiger partial charge in [0.2, 0.25) is 0 Å². The summed E-state index contributed by atoms with van der Waals surface area (Å²) in [6.07, 6.45) is 2.67. The van der Waals surface area contributed by atoms with E-state index in [0.29, 0.717) is 5.75 Å². The second-order valence-corrected chi connectivity index (χ2v) is 5.67. The van der Waals surface area contributed by atoms with Crippen LogP contribution in [0.3, 0.4) is 0 Å². The lowest BCUT2D eigenvalue weighted by molar-refractivity contribution is 0.230. The number of aliphatic hydroxyl groups excluding tert-OH is 1. The van der Waals surface area contributed by atoms with Gasteiger partial charge >= 0.3 is 0 Å². The van der Waals surface area contributed by atoms with Crippen LogP contribution in [0.5, 0.6) is 5.75 Å². The number of rotatable bonds is 5. The zero-order valence-electron chi connectivity index (χ0n) is 12.0. The Morgan fingerprint density at radius 3 is 2.67 bits per heavy atom. The standard InChI is InChI=1S/C18H21NO2/c20-12-14(11-13-5-2-1-3-6-13)19-17-10-9-16-15(17)7-4-8-18(16)21/h1-8,14,17,19-21H,9-12H2. The molecule has 1 aliphatic rings. The number of hydrogen-bond donors (Lipinski definition) is 3. The van der Waals surface area contributed by atoms with Crippen LogP contribution >= 0.6 is 0 Å². The molecule has 2 aromatic rings. The van der Waals surface area contributed by atoms with Crippen LogP contribution < -0.4 is 5.32 Å². The molecule has 3 heteroatoms. The first kappa shape index (κ1) is 14.1. The highest BCUT2D eigenvalue weighted by Gasteiger charge is 2.26. The highest BCUT2D eigenvalue weighted by atomic mass is 16.3. The Labute approximate surface area is 125 Å². The van der Waals surface area contributed by atoms with E-state index in [9.17, 15) is 10.2 Å². The number of phenols is 1. The summed E-state index contributed by atoms with van der Waals surface area (Å²) in [5.41, 5.74) is 3.44. The van der Waals surface area contributed by atoms with Crippen molar-refractivity contribution >= 4 is 0 Å². The number of phenolic OH excluding ortho intramolecular Hbond substituents is 1. The second kappa shape index (κ2) is 6.29. The van der Waals surface area contributed by atoms with Crippen molar-refractivity contribution in [1.29, 1.82) is 0 Å². The number of fused-ring (bicyclic) bond motifs is 1. The van der Waals surface area contributed by atoms with Gasteiger partial charge in [-0.05, 0) is 42.0 Å². The Morgan fingerprint density at radius 1 is 1.10 bits per heavy atom. The van der Waals surface area contributed by atoms with E-state index in [1.54, 1.807) is 6.07 Å². The van der Waals surface area contributed by atoms with Gasteiger partial charge in [0.15, 0.2) is 0 Å². The molecule has 0 spiro atoms. The molecule has 3 N–H and O–H groups in total. The predicted molar refractivity (Wildman–Crippen MR) is 83.3 cm³/mol. The minimum Gasteiger partial charge on any atom is -0.508 e. The van der Waals surface area contributed by atoms with Crippen molar-refractivity contribution in [2.75, 3.05) is 6.61 Å². The quantitative estimate of drug-likeness (QED) is 0.790. The summed E-state index contributed by atoms with van der Waals surface area (Å²) in [6.45, 7) is 0.111. The van der Waals surface area contributed by atoms with Crippen molar-refractivity contribution in [1.82, 2.24) is 5.32 Å². The van der Waals surface area contributed by atoms with E-state index in [1.165, 1.54) is 11.1 Å². The molecular formula is C18H21NO2. The number of aliphatic hydroxyl groups is 1. The lowest BCUT2D eigenvalue weighted by atomic mass is 10.0. The molecule has 0 aromatic heterocycles. The zero-order valence-corrected chi connectivity index (χ0v) is 12.0. The first-order valence-corrected chi connectivity index (χ1v) is 7.49. The second-order valence-electron chi connectivity index (χ2n) is 5.67. The molecule has 2 unspecified atom stereocenters. The highest BCUT2D eigenvalue weighted by molar-refractivity contribution is 5.44. The molecule has 2 atom stereocenters. The molecule has 3 rings (SSSR count). The largest absolute Gasteiger partial charge is 0.508 e. The Balaban J connectivity index is 1.70. The molecule has 21 heavy (non-hydrogen) atoms. The van der Waals surface area contributed by atoms with Crippen LogP contribution in [0.2, 0.25) is 0 Å². The molecule has 0 saturated heterocycles. The maximum Gasteiger partial charge on any atom is 0.119 e. The molecule has 0 radical (unpaired) electrons. The van der Waals surface area contributed by atoms with Crippen molar-refractivity contribution in [3.63, 3.8) is 0 Å². The van der Waals surface area contributed by atoms with E-state index in [1.807, 2.05) is 24.3 Å². The van der Waals surface area contributed by atoms with Crippen molar-refractivity contribution < 1.29 is 10.2 Å². The monoisotopic (exact) mass is 283 g/mol. The van der Waals surface area contributed by atoms with Gasteiger partial charge in [0, 0.05) is 12.1 Å². The van der Waals surface area contributed by atoms with Crippen molar-refractivity contribution in [2.24, 2.45) is 0 Å². The number of benzene rings is 2. The molecular weight excluding hydrogens is 262 g/mol. The van der Waals surface area contributed by atoms with E-state index < -0.39 is 0 Å². The van der Waals surface area contributed by atoms with Crippen LogP contribution in [0.25, 0.3) is 0 Å². The summed E-state index contributed by atoms with van der Waals surface area (Å²) < 4.78 is 0. The van der Waals surface area contributed by atoms with Gasteiger partial charge in [-0.25, -0.2) is 0 Å². The Morgan fingerprint density at radius 2 is 1.90 bits per heavy atom. The Hall–Kier alpha value is -1.84. The van der Waals surface area contributed by atoms with Crippen LogP contribution in [-0.2, 0) is 12.8 Å². The maximum atomic E-state index is 9.90. The summed E-state index contributed by atoms with van der Waals surface area (Å²) >= 11 is 0. The van der Waals surface area contributed by atoms with Gasteiger partial charge in [-0.3, -0.25) is 0 Å². The predicted octanol–water partition coefficient (Wildman–Crippen LogP) is 2.57. The van der Waals surface area contributed by atoms with Crippen LogP contribution in [0.1, 0.15) is 29.2 Å². The lowest BCUT2D eigenvalue weighted by Crippen LogP contribution is -2.36. The van der Waals surface area contributed by atoms with Gasteiger partial charge in [-0.1, -0.05) is 42.5 Å². The van der Waals surface area contributed by atoms with Gasteiger partial charge in [0.05, 0.1) is 6.61 Å². The first-order chi connectivity index (χ1) is 10.3. The lowest BCUT2D eigenvalue weighted by Gasteiger charge is -2.22. The summed E-state index contributed by atoms with van der Waals surface area (Å²) in [4.78, 5) is 0. The van der Waals surface area contributed by atoms with Crippen LogP contribution in [0.15, 0.2) is 48.5 Å². The molecule has 110 valence electrons. The number of aromatic hydroxyl groups is 1.